The number of rotatable bonds is 9. The van der Waals surface area contributed by atoms with Crippen LogP contribution >= 0.6 is 24.0 Å². The van der Waals surface area contributed by atoms with Gasteiger partial charge in [-0.25, -0.2) is 4.99 Å². The summed E-state index contributed by atoms with van der Waals surface area (Å²) in [6, 6.07) is 8.01. The van der Waals surface area contributed by atoms with Gasteiger partial charge in [0.25, 0.3) is 0 Å². The molecule has 2 N–H and O–H groups in total. The number of guanidine groups is 1. The number of hydrogen-bond acceptors (Lipinski definition) is 4. The lowest BCUT2D eigenvalue weighted by Crippen LogP contribution is -2.37. The van der Waals surface area contributed by atoms with Crippen molar-refractivity contribution in [3.63, 3.8) is 0 Å². The molecule has 0 bridgehead atoms. The predicted octanol–water partition coefficient (Wildman–Crippen LogP) is 2.83. The highest BCUT2D eigenvalue weighted by atomic mass is 127. The number of nitrogens with zero attached hydrogens (tertiary/aromatic N) is 2. The molecule has 1 aliphatic rings. The predicted molar refractivity (Wildman–Crippen MR) is 122 cm³/mol. The number of anilines is 1. The molecule has 0 aromatic heterocycles. The Morgan fingerprint density at radius 3 is 2.57 bits per heavy atom. The summed E-state index contributed by atoms with van der Waals surface area (Å²) in [4.78, 5) is 29.3. The Bertz CT molecular complexity index is 649. The largest absolute Gasteiger partial charge is 0.469 e. The molecule has 0 saturated carbocycles. The fourth-order valence-corrected chi connectivity index (χ4v) is 2.92. The van der Waals surface area contributed by atoms with Gasteiger partial charge in [0.2, 0.25) is 5.91 Å². The average Bonchev–Trinajstić information content (AvgIpc) is 3.11. The molecule has 1 aliphatic heterocycles. The van der Waals surface area contributed by atoms with Gasteiger partial charge >= 0.3 is 5.97 Å². The Balaban J connectivity index is 0.00000392. The zero-order chi connectivity index (χ0) is 19.5. The Kier molecular flexibility index (Phi) is 11.5. The summed E-state index contributed by atoms with van der Waals surface area (Å²) in [5.41, 5.74) is 2.05. The molecule has 0 spiro atoms. The minimum Gasteiger partial charge on any atom is -0.469 e. The van der Waals surface area contributed by atoms with Crippen LogP contribution < -0.4 is 15.5 Å². The number of esters is 1. The summed E-state index contributed by atoms with van der Waals surface area (Å²) in [6.07, 6.45) is 3.68. The van der Waals surface area contributed by atoms with Gasteiger partial charge in [-0.15, -0.1) is 24.0 Å². The van der Waals surface area contributed by atoms with E-state index in [1.807, 2.05) is 36.1 Å². The first-order chi connectivity index (χ1) is 13.1. The zero-order valence-electron chi connectivity index (χ0n) is 16.7. The summed E-state index contributed by atoms with van der Waals surface area (Å²) in [6.45, 7) is 4.92. The molecule has 1 aromatic rings. The number of methoxy groups -OCH3 is 1. The van der Waals surface area contributed by atoms with Crippen LogP contribution in [0.15, 0.2) is 29.3 Å². The van der Waals surface area contributed by atoms with Crippen molar-refractivity contribution in [3.8, 4) is 0 Å². The Labute approximate surface area is 184 Å². The van der Waals surface area contributed by atoms with E-state index < -0.39 is 0 Å². The van der Waals surface area contributed by atoms with Crippen LogP contribution in [0.2, 0.25) is 0 Å². The minimum atomic E-state index is -0.172. The zero-order valence-corrected chi connectivity index (χ0v) is 19.0. The van der Waals surface area contributed by atoms with Gasteiger partial charge in [0.05, 0.1) is 13.7 Å². The Hall–Kier alpha value is -1.84. The number of carbonyl (C=O) groups excluding carboxylic acids is 2. The van der Waals surface area contributed by atoms with E-state index in [0.717, 1.165) is 56.1 Å². The molecule has 1 amide bonds. The van der Waals surface area contributed by atoms with E-state index in [2.05, 4.69) is 20.4 Å². The number of carbonyl (C=O) groups is 2. The van der Waals surface area contributed by atoms with Crippen LogP contribution in [0, 0.1) is 0 Å². The van der Waals surface area contributed by atoms with Crippen LogP contribution in [-0.4, -0.2) is 44.6 Å². The van der Waals surface area contributed by atoms with Crippen molar-refractivity contribution in [3.05, 3.63) is 29.8 Å². The molecule has 0 unspecified atom stereocenters. The first kappa shape index (κ1) is 24.2. The molecule has 7 nitrogen and oxygen atoms in total. The van der Waals surface area contributed by atoms with Gasteiger partial charge in [0.1, 0.15) is 0 Å². The maximum absolute atomic E-state index is 11.8. The number of halogens is 1. The number of unbranched alkanes of at least 4 members (excludes halogenated alkanes) is 1. The molecular formula is C20H31IN4O3. The minimum absolute atomic E-state index is 0. The molecule has 1 heterocycles. The third kappa shape index (κ3) is 8.04. The van der Waals surface area contributed by atoms with E-state index in [4.69, 9.17) is 0 Å². The maximum atomic E-state index is 11.8. The van der Waals surface area contributed by atoms with Crippen molar-refractivity contribution in [2.45, 2.75) is 45.6 Å². The summed E-state index contributed by atoms with van der Waals surface area (Å²) in [5.74, 6) is 0.788. The van der Waals surface area contributed by atoms with E-state index >= 15 is 0 Å². The number of amides is 1. The number of aliphatic imine (C=N–C) groups is 1. The molecule has 8 heteroatoms. The fourth-order valence-electron chi connectivity index (χ4n) is 2.92. The molecule has 0 radical (unpaired) electrons. The highest BCUT2D eigenvalue weighted by Crippen LogP contribution is 2.21. The van der Waals surface area contributed by atoms with Crippen LogP contribution in [-0.2, 0) is 20.9 Å². The normalized spacial score (nSPS) is 13.9. The fraction of sp³-hybridized carbons (Fsp3) is 0.550. The van der Waals surface area contributed by atoms with E-state index in [0.29, 0.717) is 19.4 Å². The van der Waals surface area contributed by atoms with Crippen molar-refractivity contribution in [2.75, 3.05) is 31.6 Å². The molecule has 2 rings (SSSR count). The van der Waals surface area contributed by atoms with Gasteiger partial charge in [-0.3, -0.25) is 9.59 Å². The standard InChI is InChI=1S/C20H30N4O3.HI/c1-3-21-20(22-13-5-4-8-19(26)27-2)23-15-16-9-11-17(12-10-16)24-14-6-7-18(24)25;/h9-12H,3-8,13-15H2,1-2H3,(H2,21,22,23);1H. The molecule has 0 atom stereocenters. The Morgan fingerprint density at radius 2 is 1.96 bits per heavy atom. The molecular weight excluding hydrogens is 471 g/mol. The summed E-state index contributed by atoms with van der Waals surface area (Å²) in [5, 5.41) is 6.50. The van der Waals surface area contributed by atoms with Gasteiger partial charge in [-0.05, 0) is 43.9 Å². The van der Waals surface area contributed by atoms with E-state index in [-0.39, 0.29) is 35.9 Å². The smallest absolute Gasteiger partial charge is 0.305 e. The number of nitrogens with one attached hydrogen (secondary N) is 2. The maximum Gasteiger partial charge on any atom is 0.305 e. The van der Waals surface area contributed by atoms with Crippen LogP contribution in [0.1, 0.15) is 44.6 Å². The molecule has 1 saturated heterocycles. The molecule has 0 aliphatic carbocycles. The lowest BCUT2D eigenvalue weighted by Gasteiger charge is -2.16. The summed E-state index contributed by atoms with van der Waals surface area (Å²) in [7, 11) is 1.41. The van der Waals surface area contributed by atoms with Crippen LogP contribution in [0.5, 0.6) is 0 Å². The van der Waals surface area contributed by atoms with Crippen molar-refractivity contribution < 1.29 is 14.3 Å². The first-order valence-electron chi connectivity index (χ1n) is 9.62. The first-order valence-corrected chi connectivity index (χ1v) is 9.62. The van der Waals surface area contributed by atoms with Crippen molar-refractivity contribution in [2.24, 2.45) is 4.99 Å². The second-order valence-electron chi connectivity index (χ2n) is 6.47. The van der Waals surface area contributed by atoms with E-state index in [9.17, 15) is 9.59 Å². The number of ether oxygens (including phenoxy) is 1. The van der Waals surface area contributed by atoms with Crippen LogP contribution in [0.3, 0.4) is 0 Å². The quantitative estimate of drug-likeness (QED) is 0.179. The lowest BCUT2D eigenvalue weighted by molar-refractivity contribution is -0.140. The number of hydrogen-bond donors (Lipinski definition) is 2. The van der Waals surface area contributed by atoms with Gasteiger partial charge in [-0.1, -0.05) is 12.1 Å². The van der Waals surface area contributed by atoms with Crippen LogP contribution in [0.4, 0.5) is 5.69 Å². The second-order valence-corrected chi connectivity index (χ2v) is 6.47. The van der Waals surface area contributed by atoms with Crippen LogP contribution in [0.25, 0.3) is 0 Å². The highest BCUT2D eigenvalue weighted by Gasteiger charge is 2.21. The van der Waals surface area contributed by atoms with E-state index in [1.165, 1.54) is 7.11 Å². The lowest BCUT2D eigenvalue weighted by atomic mass is 10.2. The summed E-state index contributed by atoms with van der Waals surface area (Å²) < 4.78 is 4.63. The second kappa shape index (κ2) is 13.4. The van der Waals surface area contributed by atoms with Gasteiger partial charge in [-0.2, -0.15) is 0 Å². The third-order valence-electron chi connectivity index (χ3n) is 4.41. The third-order valence-corrected chi connectivity index (χ3v) is 4.41. The average molecular weight is 502 g/mol. The molecule has 28 heavy (non-hydrogen) atoms. The summed E-state index contributed by atoms with van der Waals surface area (Å²) >= 11 is 0. The van der Waals surface area contributed by atoms with Crippen molar-refractivity contribution >= 4 is 47.5 Å². The topological polar surface area (TPSA) is 83.0 Å². The van der Waals surface area contributed by atoms with Gasteiger partial charge in [0.15, 0.2) is 5.96 Å². The monoisotopic (exact) mass is 502 g/mol. The van der Waals surface area contributed by atoms with Gasteiger partial charge < -0.3 is 20.3 Å². The molecule has 156 valence electrons. The van der Waals surface area contributed by atoms with E-state index in [1.54, 1.807) is 0 Å². The number of benzene rings is 1. The highest BCUT2D eigenvalue weighted by molar-refractivity contribution is 14.0. The van der Waals surface area contributed by atoms with Crippen molar-refractivity contribution in [1.82, 2.24) is 10.6 Å². The van der Waals surface area contributed by atoms with Crippen molar-refractivity contribution in [1.29, 1.82) is 0 Å². The van der Waals surface area contributed by atoms with Gasteiger partial charge in [0, 0.05) is 38.2 Å². The Morgan fingerprint density at radius 1 is 1.21 bits per heavy atom. The molecule has 1 aromatic carbocycles. The molecule has 1 fully saturated rings. The SMILES string of the molecule is CCNC(=NCc1ccc(N2CCCC2=O)cc1)NCCCCC(=O)OC.I.